The number of hydrogen-bond acceptors (Lipinski definition) is 6. The zero-order valence-electron chi connectivity index (χ0n) is 17.9. The van der Waals surface area contributed by atoms with Gasteiger partial charge in [-0.2, -0.15) is 0 Å². The minimum absolute atomic E-state index is 0.0327. The van der Waals surface area contributed by atoms with Crippen LogP contribution in [-0.4, -0.2) is 32.0 Å². The maximum Gasteiger partial charge on any atom is 0.232 e. The number of ether oxygens (including phenoxy) is 3. The Hall–Kier alpha value is -3.85. The first-order chi connectivity index (χ1) is 15.8. The van der Waals surface area contributed by atoms with Gasteiger partial charge in [-0.25, -0.2) is 12.8 Å². The molecule has 0 atom stereocenters. The van der Waals surface area contributed by atoms with E-state index in [4.69, 9.17) is 14.2 Å². The number of benzene rings is 3. The summed E-state index contributed by atoms with van der Waals surface area (Å²) in [6.07, 6.45) is 1.14. The average molecular weight is 469 g/mol. The van der Waals surface area contributed by atoms with E-state index in [1.807, 2.05) is 0 Å². The third kappa shape index (κ3) is 5.50. The molecule has 33 heavy (non-hydrogen) atoms. The van der Waals surface area contributed by atoms with Crippen molar-refractivity contribution in [3.05, 3.63) is 84.2 Å². The van der Waals surface area contributed by atoms with Gasteiger partial charge in [0.25, 0.3) is 0 Å². The summed E-state index contributed by atoms with van der Waals surface area (Å²) in [5, 5.41) is 6.94. The molecule has 170 valence electrons. The Balaban J connectivity index is 1.64. The normalized spacial score (nSPS) is 11.2. The van der Waals surface area contributed by atoms with Crippen LogP contribution in [0.5, 0.6) is 23.1 Å². The second-order valence-corrected chi connectivity index (χ2v) is 9.26. The number of sulfone groups is 1. The second-order valence-electron chi connectivity index (χ2n) is 7.24. The van der Waals surface area contributed by atoms with Gasteiger partial charge in [-0.1, -0.05) is 18.2 Å². The van der Waals surface area contributed by atoms with Gasteiger partial charge in [0.2, 0.25) is 5.88 Å². The van der Waals surface area contributed by atoms with E-state index in [0.717, 1.165) is 6.26 Å². The van der Waals surface area contributed by atoms with Crippen LogP contribution in [0, 0.1) is 5.82 Å². The van der Waals surface area contributed by atoms with E-state index >= 15 is 0 Å². The summed E-state index contributed by atoms with van der Waals surface area (Å²) in [6, 6.07) is 19.4. The number of nitrogens with one attached hydrogen (secondary N) is 1. The van der Waals surface area contributed by atoms with E-state index < -0.39 is 9.84 Å². The van der Waals surface area contributed by atoms with Crippen LogP contribution in [0.1, 0.15) is 5.56 Å². The monoisotopic (exact) mass is 468 g/mol. The molecule has 4 aromatic rings. The summed E-state index contributed by atoms with van der Waals surface area (Å²) in [4.78, 5) is 0.196. The summed E-state index contributed by atoms with van der Waals surface area (Å²) in [6.45, 7) is 0.0327. The Bertz CT molecular complexity index is 1370. The number of nitrogens with zero attached hydrogens (tertiary/aromatic N) is 1. The van der Waals surface area contributed by atoms with Gasteiger partial charge in [0.1, 0.15) is 29.7 Å². The van der Waals surface area contributed by atoms with Crippen molar-refractivity contribution in [3.8, 4) is 34.4 Å². The molecular weight excluding hydrogens is 447 g/mol. The van der Waals surface area contributed by atoms with Crippen molar-refractivity contribution in [2.45, 2.75) is 11.5 Å². The molecular formula is C24H21FN2O5S. The number of halogens is 1. The van der Waals surface area contributed by atoms with E-state index in [1.54, 1.807) is 54.6 Å². The van der Waals surface area contributed by atoms with Gasteiger partial charge in [0.05, 0.1) is 17.7 Å². The van der Waals surface area contributed by atoms with E-state index in [9.17, 15) is 12.8 Å². The molecule has 1 aromatic heterocycles. The highest BCUT2D eigenvalue weighted by molar-refractivity contribution is 7.90. The lowest BCUT2D eigenvalue weighted by molar-refractivity contribution is 0.298. The molecule has 9 heteroatoms. The summed E-state index contributed by atoms with van der Waals surface area (Å²) in [5.41, 5.74) is 1.80. The number of aromatic nitrogens is 2. The molecule has 0 aliphatic rings. The van der Waals surface area contributed by atoms with E-state index in [-0.39, 0.29) is 17.3 Å². The number of rotatable bonds is 8. The molecule has 0 fully saturated rings. The SMILES string of the molecule is COc1cc(-c2cc(OCc3ccccc3F)cc(Oc3ccc(S(C)(=O)=O)cc3)c2)[nH]n1. The second kappa shape index (κ2) is 9.33. The molecule has 1 N–H and O–H groups in total. The topological polar surface area (TPSA) is 90.5 Å². The van der Waals surface area contributed by atoms with Crippen molar-refractivity contribution in [2.24, 2.45) is 0 Å². The number of H-pyrrole nitrogens is 1. The summed E-state index contributed by atoms with van der Waals surface area (Å²) in [7, 11) is -1.79. The zero-order chi connectivity index (χ0) is 23.4. The van der Waals surface area contributed by atoms with E-state index in [0.29, 0.717) is 39.9 Å². The minimum Gasteiger partial charge on any atom is -0.489 e. The lowest BCUT2D eigenvalue weighted by Crippen LogP contribution is -1.99. The minimum atomic E-state index is -3.31. The number of methoxy groups -OCH3 is 1. The maximum atomic E-state index is 14.0. The lowest BCUT2D eigenvalue weighted by atomic mass is 10.1. The van der Waals surface area contributed by atoms with Crippen molar-refractivity contribution in [1.29, 1.82) is 0 Å². The first-order valence-electron chi connectivity index (χ1n) is 9.91. The third-order valence-corrected chi connectivity index (χ3v) is 5.92. The van der Waals surface area contributed by atoms with Crippen molar-refractivity contribution in [1.82, 2.24) is 10.2 Å². The van der Waals surface area contributed by atoms with Crippen LogP contribution in [0.4, 0.5) is 4.39 Å². The Labute approximate surface area is 190 Å². The number of aromatic amines is 1. The fourth-order valence-corrected chi connectivity index (χ4v) is 3.72. The van der Waals surface area contributed by atoms with Crippen molar-refractivity contribution < 1.29 is 27.0 Å². The van der Waals surface area contributed by atoms with Crippen molar-refractivity contribution in [3.63, 3.8) is 0 Å². The predicted molar refractivity (Wildman–Crippen MR) is 121 cm³/mol. The molecule has 0 spiro atoms. The first-order valence-corrected chi connectivity index (χ1v) is 11.8. The molecule has 0 aliphatic carbocycles. The van der Waals surface area contributed by atoms with Crippen LogP contribution in [-0.2, 0) is 16.4 Å². The van der Waals surface area contributed by atoms with Crippen LogP contribution < -0.4 is 14.2 Å². The lowest BCUT2D eigenvalue weighted by Gasteiger charge is -2.12. The number of hydrogen-bond donors (Lipinski definition) is 1. The summed E-state index contributed by atoms with van der Waals surface area (Å²) >= 11 is 0. The highest BCUT2D eigenvalue weighted by Gasteiger charge is 2.12. The quantitative estimate of drug-likeness (QED) is 0.391. The van der Waals surface area contributed by atoms with Crippen LogP contribution in [0.3, 0.4) is 0 Å². The van der Waals surface area contributed by atoms with Crippen molar-refractivity contribution >= 4 is 9.84 Å². The molecule has 0 saturated heterocycles. The molecule has 1 heterocycles. The Kier molecular flexibility index (Phi) is 6.32. The van der Waals surface area contributed by atoms with Crippen LogP contribution >= 0.6 is 0 Å². The average Bonchev–Trinajstić information content (AvgIpc) is 3.28. The third-order valence-electron chi connectivity index (χ3n) is 4.79. The van der Waals surface area contributed by atoms with Gasteiger partial charge in [-0.05, 0) is 42.5 Å². The molecule has 3 aromatic carbocycles. The van der Waals surface area contributed by atoms with Gasteiger partial charge >= 0.3 is 0 Å². The fraction of sp³-hybridized carbons (Fsp3) is 0.125. The van der Waals surface area contributed by atoms with Crippen LogP contribution in [0.15, 0.2) is 77.7 Å². The molecule has 4 rings (SSSR count). The van der Waals surface area contributed by atoms with Gasteiger partial charge in [-0.3, -0.25) is 5.10 Å². The maximum absolute atomic E-state index is 14.0. The largest absolute Gasteiger partial charge is 0.489 e. The Morgan fingerprint density at radius 1 is 0.939 bits per heavy atom. The first kappa shape index (κ1) is 22.3. The van der Waals surface area contributed by atoms with Crippen molar-refractivity contribution in [2.75, 3.05) is 13.4 Å². The van der Waals surface area contributed by atoms with Gasteiger partial charge < -0.3 is 14.2 Å². The molecule has 0 amide bonds. The standard InChI is InChI=1S/C24H21FN2O5S/c1-30-24-14-23(26-27-24)17-11-19(31-15-16-5-3-4-6-22(16)25)13-20(12-17)32-18-7-9-21(10-8-18)33(2,28)29/h3-14H,15H2,1-2H3,(H,26,27). The molecule has 0 unspecified atom stereocenters. The van der Waals surface area contributed by atoms with E-state index in [2.05, 4.69) is 10.2 Å². The van der Waals surface area contributed by atoms with Crippen LogP contribution in [0.2, 0.25) is 0 Å². The molecule has 0 aliphatic heterocycles. The smallest absolute Gasteiger partial charge is 0.232 e. The van der Waals surface area contributed by atoms with Gasteiger partial charge in [0.15, 0.2) is 9.84 Å². The predicted octanol–water partition coefficient (Wildman–Crippen LogP) is 5.00. The molecule has 0 bridgehead atoms. The van der Waals surface area contributed by atoms with Gasteiger partial charge in [-0.15, -0.1) is 5.10 Å². The fourth-order valence-electron chi connectivity index (χ4n) is 3.09. The molecule has 0 radical (unpaired) electrons. The van der Waals surface area contributed by atoms with Gasteiger partial charge in [0, 0.05) is 29.5 Å². The highest BCUT2D eigenvalue weighted by Crippen LogP contribution is 2.33. The molecule has 7 nitrogen and oxygen atoms in total. The highest BCUT2D eigenvalue weighted by atomic mass is 32.2. The summed E-state index contributed by atoms with van der Waals surface area (Å²) < 4.78 is 54.3. The summed E-state index contributed by atoms with van der Waals surface area (Å²) in [5.74, 6) is 1.40. The van der Waals surface area contributed by atoms with E-state index in [1.165, 1.54) is 25.3 Å². The molecule has 0 saturated carbocycles. The zero-order valence-corrected chi connectivity index (χ0v) is 18.7. The Morgan fingerprint density at radius 3 is 2.33 bits per heavy atom. The van der Waals surface area contributed by atoms with Crippen LogP contribution in [0.25, 0.3) is 11.3 Å². The Morgan fingerprint density at radius 2 is 1.67 bits per heavy atom.